The second kappa shape index (κ2) is 6.06. The molecule has 0 amide bonds. The van der Waals surface area contributed by atoms with E-state index < -0.39 is 0 Å². The minimum Gasteiger partial charge on any atom is -0.409 e. The average Bonchev–Trinajstić information content (AvgIpc) is 3.18. The molecule has 0 radical (unpaired) electrons. The summed E-state index contributed by atoms with van der Waals surface area (Å²) < 4.78 is 0. The van der Waals surface area contributed by atoms with E-state index in [0.29, 0.717) is 5.41 Å². The lowest BCUT2D eigenvalue weighted by molar-refractivity contribution is 0.318. The van der Waals surface area contributed by atoms with E-state index in [9.17, 15) is 0 Å². The van der Waals surface area contributed by atoms with Crippen LogP contribution < -0.4 is 11.1 Å². The van der Waals surface area contributed by atoms with E-state index in [1.54, 1.807) is 0 Å². The summed E-state index contributed by atoms with van der Waals surface area (Å²) >= 11 is 0. The molecule has 0 spiro atoms. The molecule has 4 nitrogen and oxygen atoms in total. The molecule has 0 heterocycles. The molecule has 0 saturated heterocycles. The van der Waals surface area contributed by atoms with Crippen LogP contribution in [0.1, 0.15) is 43.7 Å². The van der Waals surface area contributed by atoms with Crippen molar-refractivity contribution >= 4 is 5.84 Å². The summed E-state index contributed by atoms with van der Waals surface area (Å²) in [4.78, 5) is 0. The van der Waals surface area contributed by atoms with Crippen molar-refractivity contribution < 1.29 is 5.21 Å². The topological polar surface area (TPSA) is 70.6 Å². The highest BCUT2D eigenvalue weighted by Gasteiger charge is 2.40. The predicted molar refractivity (Wildman–Crippen MR) is 77.2 cm³/mol. The summed E-state index contributed by atoms with van der Waals surface area (Å²) in [7, 11) is 0. The van der Waals surface area contributed by atoms with Gasteiger partial charge in [-0.25, -0.2) is 0 Å². The van der Waals surface area contributed by atoms with Crippen LogP contribution in [0.5, 0.6) is 0 Å². The van der Waals surface area contributed by atoms with Crippen LogP contribution in [0.3, 0.4) is 0 Å². The molecule has 0 atom stereocenters. The molecule has 0 bridgehead atoms. The van der Waals surface area contributed by atoms with E-state index in [-0.39, 0.29) is 5.84 Å². The summed E-state index contributed by atoms with van der Waals surface area (Å²) in [5.74, 6) is 0.159. The molecule has 1 aliphatic carbocycles. The molecule has 1 saturated carbocycles. The zero-order chi connectivity index (χ0) is 13.7. The van der Waals surface area contributed by atoms with Crippen molar-refractivity contribution in [2.45, 2.75) is 39.2 Å². The van der Waals surface area contributed by atoms with Gasteiger partial charge in [-0.2, -0.15) is 0 Å². The number of hydrogen-bond donors (Lipinski definition) is 3. The van der Waals surface area contributed by atoms with Crippen LogP contribution in [0.25, 0.3) is 0 Å². The van der Waals surface area contributed by atoms with Gasteiger partial charge in [-0.1, -0.05) is 36.7 Å². The van der Waals surface area contributed by atoms with Gasteiger partial charge in [0.2, 0.25) is 0 Å². The second-order valence-electron chi connectivity index (χ2n) is 5.54. The quantitative estimate of drug-likeness (QED) is 0.305. The highest BCUT2D eigenvalue weighted by Crippen LogP contribution is 2.48. The summed E-state index contributed by atoms with van der Waals surface area (Å²) in [6.45, 7) is 4.17. The molecule has 4 heteroatoms. The number of rotatable bonds is 7. The van der Waals surface area contributed by atoms with Crippen LogP contribution in [0, 0.1) is 5.41 Å². The largest absolute Gasteiger partial charge is 0.409 e. The van der Waals surface area contributed by atoms with Gasteiger partial charge in [0.15, 0.2) is 5.84 Å². The van der Waals surface area contributed by atoms with Gasteiger partial charge in [-0.15, -0.1) is 0 Å². The van der Waals surface area contributed by atoms with Crippen LogP contribution in [-0.2, 0) is 6.54 Å². The van der Waals surface area contributed by atoms with E-state index in [1.165, 1.54) is 25.7 Å². The minimum atomic E-state index is 0.159. The Morgan fingerprint density at radius 2 is 2.26 bits per heavy atom. The van der Waals surface area contributed by atoms with Gasteiger partial charge in [-0.3, -0.25) is 0 Å². The number of nitrogens with zero attached hydrogens (tertiary/aromatic N) is 1. The number of hydrogen-bond acceptors (Lipinski definition) is 3. The zero-order valence-electron chi connectivity index (χ0n) is 11.5. The molecule has 1 aromatic carbocycles. The molecule has 1 aliphatic rings. The maximum absolute atomic E-state index is 8.68. The molecular weight excluding hydrogens is 238 g/mol. The molecule has 2 rings (SSSR count). The van der Waals surface area contributed by atoms with Crippen LogP contribution >= 0.6 is 0 Å². The second-order valence-corrected chi connectivity index (χ2v) is 5.54. The van der Waals surface area contributed by atoms with Crippen LogP contribution in [0.15, 0.2) is 29.4 Å². The molecular formula is C15H23N3O. The van der Waals surface area contributed by atoms with Crippen LogP contribution in [0.4, 0.5) is 0 Å². The summed E-state index contributed by atoms with van der Waals surface area (Å²) in [6, 6.07) is 7.79. The summed E-state index contributed by atoms with van der Waals surface area (Å²) in [5, 5.41) is 15.2. The normalized spacial score (nSPS) is 17.4. The lowest BCUT2D eigenvalue weighted by Gasteiger charge is -2.15. The van der Waals surface area contributed by atoms with Gasteiger partial charge in [0.25, 0.3) is 0 Å². The van der Waals surface area contributed by atoms with E-state index in [0.717, 1.165) is 24.2 Å². The molecule has 0 unspecified atom stereocenters. The Bertz CT molecular complexity index is 452. The Labute approximate surface area is 114 Å². The van der Waals surface area contributed by atoms with Gasteiger partial charge >= 0.3 is 0 Å². The van der Waals surface area contributed by atoms with E-state index in [2.05, 4.69) is 23.5 Å². The fourth-order valence-electron chi connectivity index (χ4n) is 2.59. The van der Waals surface area contributed by atoms with E-state index >= 15 is 0 Å². The first-order chi connectivity index (χ1) is 9.19. The van der Waals surface area contributed by atoms with Crippen molar-refractivity contribution in [2.24, 2.45) is 16.3 Å². The molecule has 4 N–H and O–H groups in total. The van der Waals surface area contributed by atoms with Crippen molar-refractivity contribution in [2.75, 3.05) is 6.54 Å². The van der Waals surface area contributed by atoms with Gasteiger partial charge in [0.1, 0.15) is 0 Å². The smallest absolute Gasteiger partial charge is 0.170 e. The third-order valence-corrected chi connectivity index (χ3v) is 3.90. The minimum absolute atomic E-state index is 0.159. The first kappa shape index (κ1) is 13.9. The molecule has 0 aliphatic heterocycles. The van der Waals surface area contributed by atoms with Crippen molar-refractivity contribution in [3.8, 4) is 0 Å². The monoisotopic (exact) mass is 261 g/mol. The highest BCUT2D eigenvalue weighted by atomic mass is 16.4. The predicted octanol–water partition coefficient (Wildman–Crippen LogP) is 2.45. The number of oxime groups is 1. The van der Waals surface area contributed by atoms with Gasteiger partial charge in [0.05, 0.1) is 0 Å². The third kappa shape index (κ3) is 3.70. The fourth-order valence-corrected chi connectivity index (χ4v) is 2.59. The summed E-state index contributed by atoms with van der Waals surface area (Å²) in [5.41, 5.74) is 8.08. The first-order valence-electron chi connectivity index (χ1n) is 6.97. The molecule has 0 aromatic heterocycles. The number of amidine groups is 1. The van der Waals surface area contributed by atoms with Gasteiger partial charge in [0, 0.05) is 18.7 Å². The number of nitrogens with one attached hydrogen (secondary N) is 1. The van der Waals surface area contributed by atoms with E-state index in [1.807, 2.05) is 18.2 Å². The lowest BCUT2D eigenvalue weighted by atomic mass is 10.0. The van der Waals surface area contributed by atoms with Crippen molar-refractivity contribution in [3.05, 3.63) is 35.4 Å². The van der Waals surface area contributed by atoms with E-state index in [4.69, 9.17) is 10.9 Å². The maximum Gasteiger partial charge on any atom is 0.170 e. The molecule has 104 valence electrons. The van der Waals surface area contributed by atoms with Gasteiger partial charge < -0.3 is 16.3 Å². The van der Waals surface area contributed by atoms with Crippen molar-refractivity contribution in [1.29, 1.82) is 0 Å². The third-order valence-electron chi connectivity index (χ3n) is 3.90. The Morgan fingerprint density at radius 1 is 1.47 bits per heavy atom. The zero-order valence-corrected chi connectivity index (χ0v) is 11.5. The van der Waals surface area contributed by atoms with Gasteiger partial charge in [-0.05, 0) is 36.3 Å². The maximum atomic E-state index is 8.68. The van der Waals surface area contributed by atoms with Crippen LogP contribution in [-0.4, -0.2) is 17.6 Å². The fraction of sp³-hybridized carbons (Fsp3) is 0.533. The SMILES string of the molecule is CCCC1(CNCc2cccc(/C(N)=N/O)c2)CC1. The first-order valence-corrected chi connectivity index (χ1v) is 6.97. The molecule has 1 fully saturated rings. The Kier molecular flexibility index (Phi) is 4.43. The number of nitrogens with two attached hydrogens (primary N) is 1. The summed E-state index contributed by atoms with van der Waals surface area (Å²) in [6.07, 6.45) is 5.31. The lowest BCUT2D eigenvalue weighted by Crippen LogP contribution is -2.23. The van der Waals surface area contributed by atoms with Crippen molar-refractivity contribution in [1.82, 2.24) is 5.32 Å². The van der Waals surface area contributed by atoms with Crippen molar-refractivity contribution in [3.63, 3.8) is 0 Å². The number of benzene rings is 1. The molecule has 1 aromatic rings. The standard InChI is InChI=1S/C15H23N3O/c1-2-6-15(7-8-15)11-17-10-12-4-3-5-13(9-12)14(16)18-19/h3-5,9,17,19H,2,6-8,10-11H2,1H3,(H2,16,18). The molecule has 19 heavy (non-hydrogen) atoms. The Hall–Kier alpha value is -1.55. The Balaban J connectivity index is 1.86. The average molecular weight is 261 g/mol. The highest BCUT2D eigenvalue weighted by molar-refractivity contribution is 5.97. The van der Waals surface area contributed by atoms with Crippen LogP contribution in [0.2, 0.25) is 0 Å². The Morgan fingerprint density at radius 3 is 2.89 bits per heavy atom.